The first-order valence-corrected chi connectivity index (χ1v) is 26.7. The molecule has 0 N–H and O–H groups in total. The molecule has 0 aromatic carbocycles. The van der Waals surface area contributed by atoms with E-state index in [0.29, 0.717) is 19.3 Å². The Kier molecular flexibility index (Phi) is 50.6. The van der Waals surface area contributed by atoms with E-state index in [9.17, 15) is 14.4 Å². The molecule has 0 aliphatic rings. The summed E-state index contributed by atoms with van der Waals surface area (Å²) in [7, 11) is 0. The van der Waals surface area contributed by atoms with Crippen LogP contribution in [0.25, 0.3) is 0 Å². The molecule has 0 aromatic heterocycles. The number of unbranched alkanes of at least 4 members (excludes halogenated alkanes) is 13. The Morgan fingerprint density at radius 3 is 0.910 bits per heavy atom. The van der Waals surface area contributed by atoms with E-state index in [2.05, 4.69) is 154 Å². The van der Waals surface area contributed by atoms with Crippen molar-refractivity contribution in [1.82, 2.24) is 0 Å². The van der Waals surface area contributed by atoms with Crippen LogP contribution in [0.2, 0.25) is 0 Å². The van der Waals surface area contributed by atoms with E-state index in [1.54, 1.807) is 0 Å². The lowest BCUT2D eigenvalue weighted by molar-refractivity contribution is -0.167. The van der Waals surface area contributed by atoms with Crippen LogP contribution in [-0.2, 0) is 28.6 Å². The molecule has 6 heteroatoms. The number of allylic oxidation sites excluding steroid dienone is 22. The van der Waals surface area contributed by atoms with E-state index in [1.165, 1.54) is 51.4 Å². The van der Waals surface area contributed by atoms with Gasteiger partial charge in [0.1, 0.15) is 13.2 Å². The Morgan fingerprint density at radius 2 is 0.582 bits per heavy atom. The monoisotopic (exact) mass is 925 g/mol. The van der Waals surface area contributed by atoms with Gasteiger partial charge in [-0.1, -0.05) is 187 Å². The minimum Gasteiger partial charge on any atom is -0.462 e. The third kappa shape index (κ3) is 52.4. The van der Waals surface area contributed by atoms with E-state index in [-0.39, 0.29) is 44.0 Å². The highest BCUT2D eigenvalue weighted by molar-refractivity contribution is 5.71. The summed E-state index contributed by atoms with van der Waals surface area (Å²) in [5.41, 5.74) is 0. The summed E-state index contributed by atoms with van der Waals surface area (Å²) in [5, 5.41) is 0. The summed E-state index contributed by atoms with van der Waals surface area (Å²) < 4.78 is 16.7. The average Bonchev–Trinajstić information content (AvgIpc) is 3.33. The van der Waals surface area contributed by atoms with Crippen LogP contribution in [0.1, 0.15) is 213 Å². The summed E-state index contributed by atoms with van der Waals surface area (Å²) in [6.45, 7) is 6.35. The Balaban J connectivity index is 4.59. The lowest BCUT2D eigenvalue weighted by atomic mass is 10.1. The molecule has 0 amide bonds. The normalized spacial score (nSPS) is 13.2. The first-order chi connectivity index (χ1) is 33.0. The predicted octanol–water partition coefficient (Wildman–Crippen LogP) is 17.9. The van der Waals surface area contributed by atoms with E-state index in [0.717, 1.165) is 109 Å². The van der Waals surface area contributed by atoms with Gasteiger partial charge in [-0.15, -0.1) is 0 Å². The molecule has 6 nitrogen and oxygen atoms in total. The van der Waals surface area contributed by atoms with Crippen molar-refractivity contribution in [3.63, 3.8) is 0 Å². The highest BCUT2D eigenvalue weighted by atomic mass is 16.6. The summed E-state index contributed by atoms with van der Waals surface area (Å²) >= 11 is 0. The fraction of sp³-hybridized carbons (Fsp3) is 0.590. The zero-order valence-corrected chi connectivity index (χ0v) is 42.9. The smallest absolute Gasteiger partial charge is 0.306 e. The Hall–Kier alpha value is -4.45. The molecule has 0 aliphatic heterocycles. The van der Waals surface area contributed by atoms with Gasteiger partial charge >= 0.3 is 17.9 Å². The van der Waals surface area contributed by atoms with Crippen LogP contribution in [0.4, 0.5) is 0 Å². The number of ether oxygens (including phenoxy) is 3. The number of hydrogen-bond donors (Lipinski definition) is 0. The van der Waals surface area contributed by atoms with Crippen LogP contribution in [0.15, 0.2) is 134 Å². The van der Waals surface area contributed by atoms with Crippen LogP contribution in [0.3, 0.4) is 0 Å². The van der Waals surface area contributed by atoms with Gasteiger partial charge in [0, 0.05) is 19.3 Å². The second-order valence-electron chi connectivity index (χ2n) is 17.0. The van der Waals surface area contributed by atoms with E-state index >= 15 is 0 Å². The van der Waals surface area contributed by atoms with E-state index in [1.807, 2.05) is 0 Å². The fourth-order valence-corrected chi connectivity index (χ4v) is 6.60. The molecule has 0 rings (SSSR count). The number of carbonyl (C=O) groups excluding carboxylic acids is 3. The van der Waals surface area contributed by atoms with E-state index < -0.39 is 6.10 Å². The zero-order chi connectivity index (χ0) is 48.6. The molecule has 0 heterocycles. The Morgan fingerprint density at radius 1 is 0.313 bits per heavy atom. The van der Waals surface area contributed by atoms with Gasteiger partial charge in [0.05, 0.1) is 0 Å². The van der Waals surface area contributed by atoms with Crippen molar-refractivity contribution >= 4 is 17.9 Å². The van der Waals surface area contributed by atoms with Crippen molar-refractivity contribution in [3.8, 4) is 0 Å². The molecule has 0 aromatic rings. The van der Waals surface area contributed by atoms with Crippen molar-refractivity contribution < 1.29 is 28.6 Å². The lowest BCUT2D eigenvalue weighted by Crippen LogP contribution is -2.30. The van der Waals surface area contributed by atoms with Gasteiger partial charge in [0.25, 0.3) is 0 Å². The van der Waals surface area contributed by atoms with Gasteiger partial charge in [-0.05, 0) is 141 Å². The number of hydrogen-bond acceptors (Lipinski definition) is 6. The summed E-state index contributed by atoms with van der Waals surface area (Å²) in [6, 6.07) is 0. The predicted molar refractivity (Wildman–Crippen MR) is 288 cm³/mol. The zero-order valence-electron chi connectivity index (χ0n) is 42.9. The molecule has 0 saturated heterocycles. The number of esters is 3. The standard InChI is InChI=1S/C61H96O6/c1-4-7-10-13-16-19-22-25-28-29-30-31-34-36-39-42-45-48-51-54-60(63)66-57-58(67-61(64)55-52-49-46-43-40-37-33-27-24-21-18-15-12-9-6-3)56-65-59(62)53-50-47-44-41-38-35-32-26-23-20-17-14-11-8-5-2/h9,12,16-21,25-28,30-33,36,38-41,43,58H,4-8,10-11,13-15,22-24,29,34-35,37,42,44-57H2,1-3H3/b12-9-,19-16-,20-17-,21-18-,28-25-,31-30-,32-26-,33-27-,39-36-,41-38-,43-40-/t58-/m0/s1. The molecule has 1 atom stereocenters. The lowest BCUT2D eigenvalue weighted by Gasteiger charge is -2.18. The van der Waals surface area contributed by atoms with Gasteiger partial charge in [-0.2, -0.15) is 0 Å². The van der Waals surface area contributed by atoms with Crippen LogP contribution < -0.4 is 0 Å². The second-order valence-corrected chi connectivity index (χ2v) is 17.0. The third-order valence-electron chi connectivity index (χ3n) is 10.6. The van der Waals surface area contributed by atoms with Crippen molar-refractivity contribution in [3.05, 3.63) is 134 Å². The van der Waals surface area contributed by atoms with E-state index in [4.69, 9.17) is 14.2 Å². The van der Waals surface area contributed by atoms with Crippen molar-refractivity contribution in [2.45, 2.75) is 219 Å². The quantitative estimate of drug-likeness (QED) is 0.0262. The van der Waals surface area contributed by atoms with Crippen molar-refractivity contribution in [2.75, 3.05) is 13.2 Å². The molecule has 0 spiro atoms. The molecule has 0 saturated carbocycles. The van der Waals surface area contributed by atoms with Crippen LogP contribution in [-0.4, -0.2) is 37.2 Å². The summed E-state index contributed by atoms with van der Waals surface area (Å²) in [4.78, 5) is 38.0. The fourth-order valence-electron chi connectivity index (χ4n) is 6.60. The molecular weight excluding hydrogens is 829 g/mol. The maximum absolute atomic E-state index is 12.8. The third-order valence-corrected chi connectivity index (χ3v) is 10.6. The van der Waals surface area contributed by atoms with Crippen molar-refractivity contribution in [2.24, 2.45) is 0 Å². The minimum absolute atomic E-state index is 0.128. The van der Waals surface area contributed by atoms with Gasteiger partial charge < -0.3 is 14.2 Å². The molecule has 0 aliphatic carbocycles. The maximum Gasteiger partial charge on any atom is 0.306 e. The first-order valence-electron chi connectivity index (χ1n) is 26.7. The first kappa shape index (κ1) is 62.5. The second kappa shape index (κ2) is 54.2. The Labute approximate surface area is 411 Å². The van der Waals surface area contributed by atoms with Crippen LogP contribution in [0.5, 0.6) is 0 Å². The summed E-state index contributed by atoms with van der Waals surface area (Å²) in [5.74, 6) is -1.05. The largest absolute Gasteiger partial charge is 0.462 e. The van der Waals surface area contributed by atoms with Gasteiger partial charge in [0.15, 0.2) is 6.10 Å². The molecule has 0 bridgehead atoms. The topological polar surface area (TPSA) is 78.9 Å². The number of carbonyl (C=O) groups is 3. The molecular formula is C61H96O6. The molecule has 0 fully saturated rings. The Bertz CT molecular complexity index is 1480. The average molecular weight is 925 g/mol. The molecule has 67 heavy (non-hydrogen) atoms. The summed E-state index contributed by atoms with van der Waals surface area (Å²) in [6.07, 6.45) is 75.8. The van der Waals surface area contributed by atoms with Crippen LogP contribution in [0, 0.1) is 0 Å². The molecule has 0 unspecified atom stereocenters. The highest BCUT2D eigenvalue weighted by Crippen LogP contribution is 2.11. The highest BCUT2D eigenvalue weighted by Gasteiger charge is 2.19. The minimum atomic E-state index is -0.834. The maximum atomic E-state index is 12.8. The molecule has 0 radical (unpaired) electrons. The van der Waals surface area contributed by atoms with Crippen molar-refractivity contribution in [1.29, 1.82) is 0 Å². The SMILES string of the molecule is CC/C=C\C/C=C\C/C=C\C/C=C\CCCCC(=O)O[C@@H](COC(=O)CCCC/C=C\C/C=C\C/C=C\CCCCC)COC(=O)CCCCC/C=C\C/C=C\C/C=C\C/C=C\CCCCC. The van der Waals surface area contributed by atoms with Gasteiger partial charge in [0.2, 0.25) is 0 Å². The van der Waals surface area contributed by atoms with Gasteiger partial charge in [-0.3, -0.25) is 14.4 Å². The molecule has 376 valence electrons. The van der Waals surface area contributed by atoms with Gasteiger partial charge in [-0.25, -0.2) is 0 Å². The number of rotatable bonds is 46. The van der Waals surface area contributed by atoms with Crippen LogP contribution >= 0.6 is 0 Å².